The molecule has 1 aliphatic heterocycles. The molecule has 0 radical (unpaired) electrons. The second-order valence-corrected chi connectivity index (χ2v) is 5.98. The molecule has 0 amide bonds. The van der Waals surface area contributed by atoms with E-state index >= 15 is 0 Å². The molecular formula is C16H28N4. The summed E-state index contributed by atoms with van der Waals surface area (Å²) in [5.74, 6) is 0.930. The van der Waals surface area contributed by atoms with Gasteiger partial charge in [-0.05, 0) is 52.9 Å². The molecule has 2 heterocycles. The number of aromatic nitrogens is 2. The van der Waals surface area contributed by atoms with E-state index in [1.807, 2.05) is 12.4 Å². The summed E-state index contributed by atoms with van der Waals surface area (Å²) in [4.78, 5) is 13.7. The number of likely N-dealkylation sites (tertiary alicyclic amines) is 1. The second-order valence-electron chi connectivity index (χ2n) is 5.98. The molecule has 1 unspecified atom stereocenters. The number of rotatable bonds is 7. The molecule has 2 rings (SSSR count). The van der Waals surface area contributed by atoms with Crippen molar-refractivity contribution in [1.29, 1.82) is 0 Å². The van der Waals surface area contributed by atoms with E-state index in [4.69, 9.17) is 0 Å². The van der Waals surface area contributed by atoms with E-state index in [0.29, 0.717) is 6.04 Å². The molecule has 112 valence electrons. The average molecular weight is 276 g/mol. The van der Waals surface area contributed by atoms with E-state index in [1.54, 1.807) is 0 Å². The molecule has 1 aromatic heterocycles. The van der Waals surface area contributed by atoms with Crippen molar-refractivity contribution in [2.24, 2.45) is 0 Å². The fourth-order valence-electron chi connectivity index (χ4n) is 2.81. The zero-order valence-corrected chi connectivity index (χ0v) is 13.2. The summed E-state index contributed by atoms with van der Waals surface area (Å²) in [5.41, 5.74) is 1.21. The van der Waals surface area contributed by atoms with Gasteiger partial charge >= 0.3 is 0 Å². The molecule has 0 aliphatic carbocycles. The van der Waals surface area contributed by atoms with Crippen LogP contribution in [-0.4, -0.2) is 52.5 Å². The topological polar surface area (TPSA) is 32.3 Å². The maximum atomic E-state index is 4.36. The molecule has 0 aromatic carbocycles. The Kier molecular flexibility index (Phi) is 5.92. The summed E-state index contributed by atoms with van der Waals surface area (Å²) in [7, 11) is 2.18. The van der Waals surface area contributed by atoms with E-state index < -0.39 is 0 Å². The van der Waals surface area contributed by atoms with E-state index in [0.717, 1.165) is 25.3 Å². The largest absolute Gasteiger partial charge is 0.302 e. The van der Waals surface area contributed by atoms with Crippen LogP contribution in [0.2, 0.25) is 0 Å². The summed E-state index contributed by atoms with van der Waals surface area (Å²) in [5, 5.41) is 0. The molecule has 4 nitrogen and oxygen atoms in total. The molecule has 1 fully saturated rings. The predicted octanol–water partition coefficient (Wildman–Crippen LogP) is 2.35. The molecule has 1 saturated heterocycles. The van der Waals surface area contributed by atoms with Gasteiger partial charge in [-0.25, -0.2) is 9.97 Å². The third-order valence-electron chi connectivity index (χ3n) is 4.22. The molecule has 1 atom stereocenters. The fraction of sp³-hybridized carbons (Fsp3) is 0.750. The fourth-order valence-corrected chi connectivity index (χ4v) is 2.81. The lowest BCUT2D eigenvalue weighted by molar-refractivity contribution is 0.215. The molecule has 0 bridgehead atoms. The Bertz CT molecular complexity index is 384. The molecule has 1 aliphatic rings. The maximum absolute atomic E-state index is 4.36. The predicted molar refractivity (Wildman–Crippen MR) is 82.6 cm³/mol. The Morgan fingerprint density at radius 3 is 2.50 bits per heavy atom. The van der Waals surface area contributed by atoms with E-state index in [9.17, 15) is 0 Å². The number of aryl methyl sites for hydroxylation is 1. The quantitative estimate of drug-likeness (QED) is 0.765. The first kappa shape index (κ1) is 15.4. The van der Waals surface area contributed by atoms with Crippen LogP contribution in [-0.2, 0) is 13.0 Å². The number of hydrogen-bond donors (Lipinski definition) is 0. The molecule has 0 N–H and O–H groups in total. The van der Waals surface area contributed by atoms with Gasteiger partial charge in [0.2, 0.25) is 0 Å². The molecule has 0 spiro atoms. The van der Waals surface area contributed by atoms with Crippen molar-refractivity contribution in [2.45, 2.75) is 52.1 Å². The Labute approximate surface area is 123 Å². The van der Waals surface area contributed by atoms with Crippen LogP contribution in [0, 0.1) is 0 Å². The minimum atomic E-state index is 0.707. The Morgan fingerprint density at radius 1 is 1.25 bits per heavy atom. The van der Waals surface area contributed by atoms with Crippen molar-refractivity contribution in [3.63, 3.8) is 0 Å². The van der Waals surface area contributed by atoms with Crippen LogP contribution in [0.4, 0.5) is 0 Å². The van der Waals surface area contributed by atoms with Gasteiger partial charge in [-0.2, -0.15) is 0 Å². The highest BCUT2D eigenvalue weighted by Gasteiger charge is 2.17. The van der Waals surface area contributed by atoms with Crippen molar-refractivity contribution >= 4 is 0 Å². The van der Waals surface area contributed by atoms with Crippen LogP contribution in [0.3, 0.4) is 0 Å². The van der Waals surface area contributed by atoms with Gasteiger partial charge in [0.25, 0.3) is 0 Å². The van der Waals surface area contributed by atoms with Crippen LogP contribution < -0.4 is 0 Å². The van der Waals surface area contributed by atoms with E-state index in [1.165, 1.54) is 37.9 Å². The lowest BCUT2D eigenvalue weighted by atomic mass is 10.2. The highest BCUT2D eigenvalue weighted by atomic mass is 15.2. The van der Waals surface area contributed by atoms with Crippen LogP contribution in [0.25, 0.3) is 0 Å². The van der Waals surface area contributed by atoms with Gasteiger partial charge in [-0.3, -0.25) is 0 Å². The molecule has 4 heteroatoms. The zero-order valence-electron chi connectivity index (χ0n) is 13.2. The minimum absolute atomic E-state index is 0.707. The zero-order chi connectivity index (χ0) is 14.4. The smallest absolute Gasteiger partial charge is 0.127 e. The lowest BCUT2D eigenvalue weighted by Gasteiger charge is -2.26. The van der Waals surface area contributed by atoms with Gasteiger partial charge in [0.05, 0.1) is 0 Å². The summed E-state index contributed by atoms with van der Waals surface area (Å²) < 4.78 is 0. The highest BCUT2D eigenvalue weighted by Crippen LogP contribution is 2.14. The normalized spacial score (nSPS) is 17.8. The van der Waals surface area contributed by atoms with Gasteiger partial charge in [0.1, 0.15) is 5.82 Å². The van der Waals surface area contributed by atoms with Crippen LogP contribution >= 0.6 is 0 Å². The summed E-state index contributed by atoms with van der Waals surface area (Å²) in [6, 6.07) is 0.707. The highest BCUT2D eigenvalue weighted by molar-refractivity contribution is 5.04. The standard InChI is InChI=1S/C16H28N4/c1-4-16-17-11-15(12-18-16)13-19(3)10-7-14(2)20-8-5-6-9-20/h11-12,14H,4-10,13H2,1-3H3. The SMILES string of the molecule is CCc1ncc(CN(C)CCC(C)N2CCCC2)cn1. The number of hydrogen-bond acceptors (Lipinski definition) is 4. The van der Waals surface area contributed by atoms with Crippen LogP contribution in [0.1, 0.15) is 44.5 Å². The van der Waals surface area contributed by atoms with Gasteiger partial charge in [0, 0.05) is 37.0 Å². The van der Waals surface area contributed by atoms with Gasteiger partial charge in [-0.1, -0.05) is 6.92 Å². The average Bonchev–Trinajstić information content (AvgIpc) is 3.00. The minimum Gasteiger partial charge on any atom is -0.302 e. The Morgan fingerprint density at radius 2 is 1.90 bits per heavy atom. The Hall–Kier alpha value is -1.00. The first-order chi connectivity index (χ1) is 9.69. The van der Waals surface area contributed by atoms with Crippen molar-refractivity contribution in [2.75, 3.05) is 26.7 Å². The van der Waals surface area contributed by atoms with Crippen molar-refractivity contribution in [3.8, 4) is 0 Å². The second kappa shape index (κ2) is 7.70. The Balaban J connectivity index is 1.72. The van der Waals surface area contributed by atoms with E-state index in [-0.39, 0.29) is 0 Å². The van der Waals surface area contributed by atoms with Crippen molar-refractivity contribution in [1.82, 2.24) is 19.8 Å². The van der Waals surface area contributed by atoms with Crippen LogP contribution in [0.5, 0.6) is 0 Å². The molecular weight excluding hydrogens is 248 g/mol. The first-order valence-corrected chi connectivity index (χ1v) is 7.91. The molecule has 1 aromatic rings. The lowest BCUT2D eigenvalue weighted by Crippen LogP contribution is -2.33. The molecule has 20 heavy (non-hydrogen) atoms. The first-order valence-electron chi connectivity index (χ1n) is 7.91. The number of nitrogens with zero attached hydrogens (tertiary/aromatic N) is 4. The third kappa shape index (κ3) is 4.53. The summed E-state index contributed by atoms with van der Waals surface area (Å²) in [6.07, 6.45) is 8.83. The third-order valence-corrected chi connectivity index (χ3v) is 4.22. The summed E-state index contributed by atoms with van der Waals surface area (Å²) >= 11 is 0. The molecule has 0 saturated carbocycles. The van der Waals surface area contributed by atoms with Gasteiger partial charge in [0.15, 0.2) is 0 Å². The van der Waals surface area contributed by atoms with Crippen molar-refractivity contribution in [3.05, 3.63) is 23.8 Å². The van der Waals surface area contributed by atoms with Crippen LogP contribution in [0.15, 0.2) is 12.4 Å². The van der Waals surface area contributed by atoms with Crippen molar-refractivity contribution < 1.29 is 0 Å². The maximum Gasteiger partial charge on any atom is 0.127 e. The monoisotopic (exact) mass is 276 g/mol. The van der Waals surface area contributed by atoms with Gasteiger partial charge in [-0.15, -0.1) is 0 Å². The summed E-state index contributed by atoms with van der Waals surface area (Å²) in [6.45, 7) is 9.09. The van der Waals surface area contributed by atoms with E-state index in [2.05, 4.69) is 40.7 Å². The van der Waals surface area contributed by atoms with Gasteiger partial charge < -0.3 is 9.80 Å².